The summed E-state index contributed by atoms with van der Waals surface area (Å²) in [6.45, 7) is 23.3. The van der Waals surface area contributed by atoms with Crippen molar-refractivity contribution < 1.29 is 19.8 Å². The Labute approximate surface area is 160 Å². The van der Waals surface area contributed by atoms with E-state index in [-0.39, 0.29) is 11.3 Å². The zero-order chi connectivity index (χ0) is 21.4. The third-order valence-electron chi connectivity index (χ3n) is 7.60. The van der Waals surface area contributed by atoms with Crippen LogP contribution < -0.4 is 0 Å². The molecule has 0 heterocycles. The van der Waals surface area contributed by atoms with Crippen molar-refractivity contribution in [3.05, 3.63) is 12.7 Å². The van der Waals surface area contributed by atoms with Gasteiger partial charge < -0.3 is 10.2 Å². The predicted molar refractivity (Wildman–Crippen MR) is 107 cm³/mol. The molecule has 0 aliphatic heterocycles. The summed E-state index contributed by atoms with van der Waals surface area (Å²) in [5, 5.41) is 19.8. The van der Waals surface area contributed by atoms with Crippen molar-refractivity contribution in [2.45, 2.75) is 82.1 Å². The minimum Gasteiger partial charge on any atom is -0.481 e. The van der Waals surface area contributed by atoms with Crippen LogP contribution in [-0.2, 0) is 9.59 Å². The summed E-state index contributed by atoms with van der Waals surface area (Å²) in [6, 6.07) is 0. The number of hydrogen-bond acceptors (Lipinski definition) is 2. The van der Waals surface area contributed by atoms with Gasteiger partial charge in [-0.15, -0.1) is 6.58 Å². The lowest BCUT2D eigenvalue weighted by Crippen LogP contribution is -2.49. The highest BCUT2D eigenvalue weighted by molar-refractivity contribution is 5.76. The minimum atomic E-state index is -1.01. The van der Waals surface area contributed by atoms with Crippen molar-refractivity contribution in [2.75, 3.05) is 0 Å². The third kappa shape index (κ3) is 4.32. The van der Waals surface area contributed by atoms with Crippen LogP contribution in [-0.4, -0.2) is 22.2 Å². The first-order chi connectivity index (χ1) is 11.3. The normalized spacial score (nSPS) is 18.1. The highest BCUT2D eigenvalue weighted by atomic mass is 16.4. The monoisotopic (exact) mass is 368 g/mol. The Morgan fingerprint density at radius 3 is 1.50 bits per heavy atom. The highest BCUT2D eigenvalue weighted by Crippen LogP contribution is 2.56. The molecule has 0 aromatic heterocycles. The van der Waals surface area contributed by atoms with Crippen molar-refractivity contribution in [1.82, 2.24) is 0 Å². The number of aliphatic carboxylic acids is 2. The van der Waals surface area contributed by atoms with Gasteiger partial charge in [-0.2, -0.15) is 0 Å². The Morgan fingerprint density at radius 2 is 1.23 bits per heavy atom. The fourth-order valence-electron chi connectivity index (χ4n) is 3.61. The summed E-state index contributed by atoms with van der Waals surface area (Å²) in [4.78, 5) is 24.2. The smallest absolute Gasteiger partial charge is 0.310 e. The van der Waals surface area contributed by atoms with E-state index in [4.69, 9.17) is 0 Å². The van der Waals surface area contributed by atoms with E-state index in [0.717, 1.165) is 0 Å². The molecule has 0 radical (unpaired) electrons. The summed E-state index contributed by atoms with van der Waals surface area (Å²) in [5.41, 5.74) is -3.24. The lowest BCUT2D eigenvalue weighted by atomic mass is 9.52. The SMILES string of the molecule is C=CC(C)(C)C(C)(CC(C)(C)C(C)(C)CC(C)(C(=O)O)C(C)C)C(=O)O. The second-order valence-electron chi connectivity index (χ2n) is 10.6. The summed E-state index contributed by atoms with van der Waals surface area (Å²) >= 11 is 0. The van der Waals surface area contributed by atoms with Crippen molar-refractivity contribution in [1.29, 1.82) is 0 Å². The molecule has 0 saturated carbocycles. The van der Waals surface area contributed by atoms with Crippen LogP contribution in [0.2, 0.25) is 0 Å². The molecule has 0 aromatic rings. The fraction of sp³-hybridized carbons (Fsp3) is 0.818. The zero-order valence-corrected chi connectivity index (χ0v) is 18.5. The maximum absolute atomic E-state index is 12.2. The average Bonchev–Trinajstić information content (AvgIpc) is 2.44. The maximum Gasteiger partial charge on any atom is 0.310 e. The highest BCUT2D eigenvalue weighted by Gasteiger charge is 2.54. The molecule has 2 atom stereocenters. The zero-order valence-electron chi connectivity index (χ0n) is 18.5. The Kier molecular flexibility index (Phi) is 6.99. The molecule has 26 heavy (non-hydrogen) atoms. The van der Waals surface area contributed by atoms with Gasteiger partial charge >= 0.3 is 11.9 Å². The molecular weight excluding hydrogens is 328 g/mol. The molecule has 0 spiro atoms. The Morgan fingerprint density at radius 1 is 0.846 bits per heavy atom. The Balaban J connectivity index is 6.02. The van der Waals surface area contributed by atoms with Crippen LogP contribution in [0.1, 0.15) is 82.1 Å². The van der Waals surface area contributed by atoms with E-state index >= 15 is 0 Å². The average molecular weight is 369 g/mol. The van der Waals surface area contributed by atoms with E-state index in [1.54, 1.807) is 19.9 Å². The largest absolute Gasteiger partial charge is 0.481 e. The van der Waals surface area contributed by atoms with E-state index in [2.05, 4.69) is 34.3 Å². The number of rotatable bonds is 10. The van der Waals surface area contributed by atoms with Gasteiger partial charge in [-0.3, -0.25) is 9.59 Å². The van der Waals surface area contributed by atoms with Crippen LogP contribution >= 0.6 is 0 Å². The summed E-state index contributed by atoms with van der Waals surface area (Å²) in [5.74, 6) is -1.68. The van der Waals surface area contributed by atoms with Crippen LogP contribution in [0.15, 0.2) is 12.7 Å². The minimum absolute atomic E-state index is 0.0226. The first-order valence-corrected chi connectivity index (χ1v) is 9.41. The van der Waals surface area contributed by atoms with Gasteiger partial charge in [0.2, 0.25) is 0 Å². The van der Waals surface area contributed by atoms with Gasteiger partial charge in [0.1, 0.15) is 0 Å². The van der Waals surface area contributed by atoms with Gasteiger partial charge in [0.05, 0.1) is 10.8 Å². The lowest BCUT2D eigenvalue weighted by Gasteiger charge is -2.52. The lowest BCUT2D eigenvalue weighted by molar-refractivity contribution is -0.162. The summed E-state index contributed by atoms with van der Waals surface area (Å²) < 4.78 is 0. The molecular formula is C22H40O4. The number of allylic oxidation sites excluding steroid dienone is 1. The van der Waals surface area contributed by atoms with Crippen LogP contribution in [0.5, 0.6) is 0 Å². The molecule has 2 N–H and O–H groups in total. The van der Waals surface area contributed by atoms with Gasteiger partial charge in [-0.25, -0.2) is 0 Å². The quantitative estimate of drug-likeness (QED) is 0.473. The van der Waals surface area contributed by atoms with Crippen molar-refractivity contribution in [2.24, 2.45) is 33.0 Å². The summed E-state index contributed by atoms with van der Waals surface area (Å²) in [7, 11) is 0. The summed E-state index contributed by atoms with van der Waals surface area (Å²) in [6.07, 6.45) is 2.61. The second-order valence-corrected chi connectivity index (χ2v) is 10.6. The molecule has 4 heteroatoms. The Bertz CT molecular complexity index is 556. The first-order valence-electron chi connectivity index (χ1n) is 9.41. The maximum atomic E-state index is 12.2. The Hall–Kier alpha value is -1.32. The second kappa shape index (κ2) is 7.36. The first kappa shape index (κ1) is 24.7. The number of carboxylic acids is 2. The van der Waals surface area contributed by atoms with E-state index in [0.29, 0.717) is 12.8 Å². The van der Waals surface area contributed by atoms with E-state index < -0.39 is 33.6 Å². The van der Waals surface area contributed by atoms with E-state index in [1.807, 2.05) is 27.7 Å². The van der Waals surface area contributed by atoms with Gasteiger partial charge in [0, 0.05) is 0 Å². The van der Waals surface area contributed by atoms with Crippen LogP contribution in [0.3, 0.4) is 0 Å². The van der Waals surface area contributed by atoms with Gasteiger partial charge in [0.25, 0.3) is 0 Å². The molecule has 152 valence electrons. The molecule has 4 nitrogen and oxygen atoms in total. The molecule has 0 bridgehead atoms. The molecule has 2 unspecified atom stereocenters. The predicted octanol–water partition coefficient (Wildman–Crippen LogP) is 5.87. The van der Waals surface area contributed by atoms with Crippen LogP contribution in [0.4, 0.5) is 0 Å². The van der Waals surface area contributed by atoms with Gasteiger partial charge in [-0.1, -0.05) is 61.5 Å². The van der Waals surface area contributed by atoms with Crippen LogP contribution in [0.25, 0.3) is 0 Å². The number of carbonyl (C=O) groups is 2. The van der Waals surface area contributed by atoms with Crippen molar-refractivity contribution >= 4 is 11.9 Å². The molecule has 0 aliphatic carbocycles. The van der Waals surface area contributed by atoms with E-state index in [1.165, 1.54) is 0 Å². The molecule has 0 fully saturated rings. The van der Waals surface area contributed by atoms with Crippen molar-refractivity contribution in [3.63, 3.8) is 0 Å². The van der Waals surface area contributed by atoms with E-state index in [9.17, 15) is 19.8 Å². The third-order valence-corrected chi connectivity index (χ3v) is 7.60. The number of hydrogen-bond donors (Lipinski definition) is 2. The van der Waals surface area contributed by atoms with Gasteiger partial charge in [0.15, 0.2) is 0 Å². The molecule has 0 amide bonds. The fourth-order valence-corrected chi connectivity index (χ4v) is 3.61. The molecule has 0 aliphatic rings. The topological polar surface area (TPSA) is 74.6 Å². The standard InChI is InChI=1S/C22H40O4/c1-12-18(4,5)22(11,17(25)26)14-20(8,9)19(6,7)13-21(10,15(2)3)16(23)24/h12,15H,1,13-14H2,2-11H3,(H,23,24)(H,25,26). The van der Waals surface area contributed by atoms with Crippen LogP contribution in [0, 0.1) is 33.0 Å². The molecule has 0 aromatic carbocycles. The van der Waals surface area contributed by atoms with Gasteiger partial charge in [-0.05, 0) is 48.9 Å². The number of carboxylic acid groups (broad SMARTS) is 2. The molecule has 0 saturated heterocycles. The molecule has 0 rings (SSSR count). The van der Waals surface area contributed by atoms with Crippen molar-refractivity contribution in [3.8, 4) is 0 Å².